The lowest BCUT2D eigenvalue weighted by molar-refractivity contribution is 0.0600. The van der Waals surface area contributed by atoms with Gasteiger partial charge in [-0.1, -0.05) is 71.3 Å². The van der Waals surface area contributed by atoms with Gasteiger partial charge in [-0.25, -0.2) is 4.79 Å². The largest absolute Gasteiger partial charge is 0.465 e. The van der Waals surface area contributed by atoms with Crippen LogP contribution in [0.4, 0.5) is 11.4 Å². The van der Waals surface area contributed by atoms with E-state index < -0.39 is 0 Å². The first kappa shape index (κ1) is 27.0. The van der Waals surface area contributed by atoms with E-state index in [9.17, 15) is 4.79 Å². The van der Waals surface area contributed by atoms with Gasteiger partial charge >= 0.3 is 5.97 Å². The van der Waals surface area contributed by atoms with Gasteiger partial charge in [0, 0.05) is 15.8 Å². The highest BCUT2D eigenvalue weighted by Gasteiger charge is 2.17. The average Bonchev–Trinajstić information content (AvgIpc) is 2.68. The summed E-state index contributed by atoms with van der Waals surface area (Å²) < 4.78 is 5.89. The Morgan fingerprint density at radius 3 is 1.26 bits per heavy atom. The van der Waals surface area contributed by atoms with E-state index in [4.69, 9.17) is 16.2 Å². The average molecular weight is 492 g/mol. The van der Waals surface area contributed by atoms with Crippen molar-refractivity contribution in [3.63, 3.8) is 0 Å². The molecule has 31 heavy (non-hydrogen) atoms. The van der Waals surface area contributed by atoms with Gasteiger partial charge in [-0.2, -0.15) is 0 Å². The molecule has 0 amide bonds. The minimum atomic E-state index is -0.311. The third-order valence-electron chi connectivity index (χ3n) is 5.36. The van der Waals surface area contributed by atoms with Crippen molar-refractivity contribution in [2.75, 3.05) is 18.6 Å². The molecule has 0 radical (unpaired) electrons. The Labute approximate surface area is 196 Å². The van der Waals surface area contributed by atoms with Gasteiger partial charge < -0.3 is 16.2 Å². The van der Waals surface area contributed by atoms with E-state index in [1.54, 1.807) is 0 Å². The Balaban J connectivity index is 0.000000316. The molecular formula is C26H39BrN2O2. The number of benzene rings is 2. The standard InChI is InChI=1S/C14H21NO2.C12H18BrN/c1-8(2)11-6-10(14(16)17-5)7-12(9(3)4)13(11)15;1-7(2)10-5-9(13)6-11(8(3)4)12(10)14/h6-9H,15H2,1-5H3;5-8H,14H2,1-4H3. The predicted molar refractivity (Wildman–Crippen MR) is 137 cm³/mol. The summed E-state index contributed by atoms with van der Waals surface area (Å²) in [5.41, 5.74) is 19.1. The quantitative estimate of drug-likeness (QED) is 0.334. The van der Waals surface area contributed by atoms with E-state index in [-0.39, 0.29) is 17.8 Å². The number of hydrogen-bond acceptors (Lipinski definition) is 4. The number of ether oxygens (including phenoxy) is 1. The van der Waals surface area contributed by atoms with Crippen molar-refractivity contribution in [3.8, 4) is 0 Å². The van der Waals surface area contributed by atoms with Crippen LogP contribution in [0.3, 0.4) is 0 Å². The summed E-state index contributed by atoms with van der Waals surface area (Å²) in [6, 6.07) is 7.90. The lowest BCUT2D eigenvalue weighted by atomic mass is 9.90. The summed E-state index contributed by atoms with van der Waals surface area (Å²) in [5.74, 6) is 1.22. The van der Waals surface area contributed by atoms with E-state index in [1.807, 2.05) is 12.1 Å². The summed E-state index contributed by atoms with van der Waals surface area (Å²) >= 11 is 3.53. The molecule has 0 bridgehead atoms. The van der Waals surface area contributed by atoms with E-state index in [0.717, 1.165) is 27.0 Å². The Hall–Kier alpha value is -2.01. The van der Waals surface area contributed by atoms with Gasteiger partial charge in [0.1, 0.15) is 0 Å². The Bertz CT molecular complexity index is 844. The first-order chi connectivity index (χ1) is 14.3. The molecule has 0 saturated heterocycles. The van der Waals surface area contributed by atoms with Gasteiger partial charge in [-0.05, 0) is 70.2 Å². The third-order valence-corrected chi connectivity index (χ3v) is 5.82. The molecule has 0 saturated carbocycles. The Kier molecular flexibility index (Phi) is 10.1. The topological polar surface area (TPSA) is 78.3 Å². The van der Waals surface area contributed by atoms with Crippen LogP contribution < -0.4 is 11.5 Å². The second-order valence-corrected chi connectivity index (χ2v) is 10.1. The van der Waals surface area contributed by atoms with Crippen LogP contribution in [-0.4, -0.2) is 13.1 Å². The molecule has 0 aliphatic rings. The Morgan fingerprint density at radius 2 is 1.00 bits per heavy atom. The fraction of sp³-hybridized carbons (Fsp3) is 0.500. The van der Waals surface area contributed by atoms with Crippen molar-refractivity contribution in [2.24, 2.45) is 0 Å². The van der Waals surface area contributed by atoms with E-state index in [2.05, 4.69) is 83.5 Å². The van der Waals surface area contributed by atoms with Crippen LogP contribution in [0, 0.1) is 0 Å². The van der Waals surface area contributed by atoms with Crippen molar-refractivity contribution in [1.29, 1.82) is 0 Å². The van der Waals surface area contributed by atoms with Gasteiger partial charge in [-0.15, -0.1) is 0 Å². The highest BCUT2D eigenvalue weighted by molar-refractivity contribution is 9.10. The van der Waals surface area contributed by atoms with Crippen LogP contribution in [0.15, 0.2) is 28.7 Å². The first-order valence-corrected chi connectivity index (χ1v) is 11.7. The number of anilines is 2. The van der Waals surface area contributed by atoms with Gasteiger partial charge in [-0.3, -0.25) is 0 Å². The minimum absolute atomic E-state index is 0.289. The number of esters is 1. The first-order valence-electron chi connectivity index (χ1n) is 10.9. The van der Waals surface area contributed by atoms with Crippen LogP contribution >= 0.6 is 15.9 Å². The smallest absolute Gasteiger partial charge is 0.337 e. The molecule has 0 aliphatic carbocycles. The van der Waals surface area contributed by atoms with Crippen LogP contribution in [-0.2, 0) is 4.74 Å². The van der Waals surface area contributed by atoms with Crippen molar-refractivity contribution >= 4 is 33.3 Å². The second-order valence-electron chi connectivity index (χ2n) is 9.18. The summed E-state index contributed by atoms with van der Waals surface area (Å²) in [4.78, 5) is 11.6. The highest BCUT2D eigenvalue weighted by Crippen LogP contribution is 2.33. The normalized spacial score (nSPS) is 11.2. The number of carbonyl (C=O) groups is 1. The summed E-state index contributed by atoms with van der Waals surface area (Å²) in [6.07, 6.45) is 0. The molecule has 4 N–H and O–H groups in total. The van der Waals surface area contributed by atoms with Crippen molar-refractivity contribution in [1.82, 2.24) is 0 Å². The summed E-state index contributed by atoms with van der Waals surface area (Å²) in [7, 11) is 1.39. The van der Waals surface area contributed by atoms with Crippen LogP contribution in [0.5, 0.6) is 0 Å². The number of rotatable bonds is 5. The number of nitrogens with two attached hydrogens (primary N) is 2. The maximum Gasteiger partial charge on any atom is 0.337 e. The van der Waals surface area contributed by atoms with Crippen molar-refractivity contribution in [2.45, 2.75) is 79.1 Å². The van der Waals surface area contributed by atoms with E-state index in [1.165, 1.54) is 18.2 Å². The van der Waals surface area contributed by atoms with Gasteiger partial charge in [0.2, 0.25) is 0 Å². The molecule has 2 aromatic carbocycles. The number of halogens is 1. The number of nitrogen functional groups attached to an aromatic ring is 2. The fourth-order valence-electron chi connectivity index (χ4n) is 3.51. The molecule has 0 fully saturated rings. The molecule has 0 heterocycles. The molecule has 2 aromatic rings. The molecule has 172 valence electrons. The Morgan fingerprint density at radius 1 is 0.710 bits per heavy atom. The van der Waals surface area contributed by atoms with Gasteiger partial charge in [0.25, 0.3) is 0 Å². The molecule has 0 aromatic heterocycles. The lowest BCUT2D eigenvalue weighted by Gasteiger charge is -2.17. The van der Waals surface area contributed by atoms with Crippen molar-refractivity contribution in [3.05, 3.63) is 56.6 Å². The zero-order valence-corrected chi connectivity index (χ0v) is 22.1. The molecular weight excluding hydrogens is 452 g/mol. The predicted octanol–water partition coefficient (Wildman–Crippen LogP) is 7.58. The highest BCUT2D eigenvalue weighted by atomic mass is 79.9. The molecule has 4 nitrogen and oxygen atoms in total. The minimum Gasteiger partial charge on any atom is -0.465 e. The zero-order valence-electron chi connectivity index (χ0n) is 20.5. The summed E-state index contributed by atoms with van der Waals surface area (Å²) in [6.45, 7) is 16.9. The number of methoxy groups -OCH3 is 1. The molecule has 0 spiro atoms. The molecule has 0 aliphatic heterocycles. The number of hydrogen-bond donors (Lipinski definition) is 2. The lowest BCUT2D eigenvalue weighted by Crippen LogP contribution is -2.09. The SMILES string of the molecule is CC(C)c1cc(Br)cc(C(C)C)c1N.COC(=O)c1cc(C(C)C)c(N)c(C(C)C)c1. The molecule has 2 rings (SSSR count). The van der Waals surface area contributed by atoms with E-state index in [0.29, 0.717) is 17.4 Å². The van der Waals surface area contributed by atoms with Crippen LogP contribution in [0.2, 0.25) is 0 Å². The van der Waals surface area contributed by atoms with Crippen LogP contribution in [0.1, 0.15) is 112 Å². The maximum absolute atomic E-state index is 11.6. The molecule has 5 heteroatoms. The zero-order chi connectivity index (χ0) is 24.0. The van der Waals surface area contributed by atoms with Gasteiger partial charge in [0.05, 0.1) is 12.7 Å². The molecule has 0 unspecified atom stereocenters. The van der Waals surface area contributed by atoms with Crippen molar-refractivity contribution < 1.29 is 9.53 Å². The number of carbonyl (C=O) groups excluding carboxylic acids is 1. The second kappa shape index (κ2) is 11.6. The molecule has 0 atom stereocenters. The maximum atomic E-state index is 11.6. The monoisotopic (exact) mass is 490 g/mol. The fourth-order valence-corrected chi connectivity index (χ4v) is 4.00. The summed E-state index contributed by atoms with van der Waals surface area (Å²) in [5, 5.41) is 0. The third kappa shape index (κ3) is 6.99. The van der Waals surface area contributed by atoms with Gasteiger partial charge in [0.15, 0.2) is 0 Å². The van der Waals surface area contributed by atoms with E-state index >= 15 is 0 Å². The van der Waals surface area contributed by atoms with Crippen LogP contribution in [0.25, 0.3) is 0 Å².